The lowest BCUT2D eigenvalue weighted by atomic mass is 9.99. The molecule has 0 amide bonds. The van der Waals surface area contributed by atoms with Gasteiger partial charge in [0.05, 0.1) is 17.4 Å². The molecule has 0 bridgehead atoms. The Morgan fingerprint density at radius 2 is 2.07 bits per heavy atom. The largest absolute Gasteiger partial charge is 0.339 e. The van der Waals surface area contributed by atoms with Crippen LogP contribution in [0, 0.1) is 12.3 Å². The van der Waals surface area contributed by atoms with Crippen molar-refractivity contribution >= 4 is 18.3 Å². The van der Waals surface area contributed by atoms with E-state index in [9.17, 15) is 0 Å². The summed E-state index contributed by atoms with van der Waals surface area (Å²) in [6.07, 6.45) is 5.19. The van der Waals surface area contributed by atoms with Gasteiger partial charge in [-0.05, 0) is 25.3 Å². The van der Waals surface area contributed by atoms with Crippen LogP contribution in [0.5, 0.6) is 0 Å². The zero-order valence-electron chi connectivity index (χ0n) is 8.86. The molecule has 0 aromatic carbocycles. The van der Waals surface area contributed by atoms with Crippen molar-refractivity contribution in [3.63, 3.8) is 0 Å². The summed E-state index contributed by atoms with van der Waals surface area (Å²) in [6, 6.07) is 1.80. The molecule has 5 heteroatoms. The van der Waals surface area contributed by atoms with Crippen molar-refractivity contribution in [2.75, 3.05) is 12.1 Å². The zero-order valence-corrected chi connectivity index (χ0v) is 9.75. The molecule has 4 nitrogen and oxygen atoms in total. The van der Waals surface area contributed by atoms with Crippen LogP contribution in [0.3, 0.4) is 0 Å². The number of nitrogens with zero attached hydrogens (tertiary/aromatic N) is 1. The summed E-state index contributed by atoms with van der Waals surface area (Å²) in [7, 11) is 0. The van der Waals surface area contributed by atoms with E-state index in [1.165, 1.54) is 4.68 Å². The third-order valence-electron chi connectivity index (χ3n) is 2.34. The summed E-state index contributed by atoms with van der Waals surface area (Å²) in [5.41, 5.74) is 8.85. The van der Waals surface area contributed by atoms with Gasteiger partial charge in [-0.2, -0.15) is 12.6 Å². The number of nitrogen functional groups attached to an aromatic ring is 1. The van der Waals surface area contributed by atoms with Crippen LogP contribution in [-0.2, 0) is 0 Å². The fraction of sp³-hybridized carbons (Fsp3) is 0.300. The van der Waals surface area contributed by atoms with Crippen molar-refractivity contribution in [2.45, 2.75) is 13.0 Å². The average molecular weight is 224 g/mol. The Kier molecular flexibility index (Phi) is 3.60. The van der Waals surface area contributed by atoms with Crippen LogP contribution >= 0.6 is 12.6 Å². The Hall–Kier alpha value is -1.20. The Morgan fingerprint density at radius 3 is 2.60 bits per heavy atom. The fourth-order valence-corrected chi connectivity index (χ4v) is 1.60. The smallest absolute Gasteiger partial charge is 0.0920 e. The van der Waals surface area contributed by atoms with Gasteiger partial charge in [-0.15, -0.1) is 0 Å². The lowest BCUT2D eigenvalue weighted by molar-refractivity contribution is 0.877. The minimum atomic E-state index is -0.132. The summed E-state index contributed by atoms with van der Waals surface area (Å²) in [6.45, 7) is 1.90. The van der Waals surface area contributed by atoms with Crippen molar-refractivity contribution in [1.29, 1.82) is 5.41 Å². The molecule has 15 heavy (non-hydrogen) atoms. The average Bonchev–Trinajstić information content (AvgIpc) is 2.54. The maximum absolute atomic E-state index is 7.67. The van der Waals surface area contributed by atoms with Gasteiger partial charge in [0.1, 0.15) is 0 Å². The van der Waals surface area contributed by atoms with E-state index in [-0.39, 0.29) is 6.04 Å². The Labute approximate surface area is 94.8 Å². The number of fused-ring (bicyclic) bond motifs is 1. The summed E-state index contributed by atoms with van der Waals surface area (Å²) in [5.74, 6) is 5.76. The molecular weight excluding hydrogens is 208 g/mol. The van der Waals surface area contributed by atoms with Crippen molar-refractivity contribution < 1.29 is 0 Å². The highest BCUT2D eigenvalue weighted by molar-refractivity contribution is 7.79. The van der Waals surface area contributed by atoms with E-state index >= 15 is 0 Å². The molecule has 1 unspecified atom stereocenters. The van der Waals surface area contributed by atoms with E-state index in [1.54, 1.807) is 12.3 Å². The zero-order chi connectivity index (χ0) is 11.6. The molecule has 5 N–H and O–H groups in total. The molecule has 1 aliphatic rings. The topological polar surface area (TPSA) is 80.8 Å². The number of thiol groups is 1. The van der Waals surface area contributed by atoms with Crippen molar-refractivity contribution in [3.05, 3.63) is 35.2 Å². The first-order valence-corrected chi connectivity index (χ1v) is 5.45. The number of hydrogen-bond donors (Lipinski definition) is 4. The fourth-order valence-electron chi connectivity index (χ4n) is 1.60. The minimum Gasteiger partial charge on any atom is -0.339 e. The molecule has 1 atom stereocenters. The number of hydrogen-bond acceptors (Lipinski definition) is 4. The van der Waals surface area contributed by atoms with Crippen LogP contribution in [0.4, 0.5) is 0 Å². The number of aryl methyl sites for hydroxylation is 1. The molecule has 1 aliphatic carbocycles. The van der Waals surface area contributed by atoms with E-state index in [0.717, 1.165) is 17.0 Å². The van der Waals surface area contributed by atoms with E-state index in [2.05, 4.69) is 12.6 Å². The van der Waals surface area contributed by atoms with Gasteiger partial charge in [0.15, 0.2) is 0 Å². The Balaban J connectivity index is 0.000000531. The SMILES string of the molecule is CS.Cc1cc2c(n1N)C(=N)C=CC2N. The van der Waals surface area contributed by atoms with Gasteiger partial charge in [0.25, 0.3) is 0 Å². The Morgan fingerprint density at radius 1 is 1.47 bits per heavy atom. The highest BCUT2D eigenvalue weighted by Gasteiger charge is 2.21. The van der Waals surface area contributed by atoms with Crippen molar-refractivity contribution in [3.8, 4) is 0 Å². The summed E-state index contributed by atoms with van der Waals surface area (Å²) in [4.78, 5) is 0. The van der Waals surface area contributed by atoms with E-state index in [0.29, 0.717) is 5.71 Å². The van der Waals surface area contributed by atoms with Crippen LogP contribution < -0.4 is 11.6 Å². The van der Waals surface area contributed by atoms with Gasteiger partial charge in [-0.3, -0.25) is 10.1 Å². The van der Waals surface area contributed by atoms with Gasteiger partial charge < -0.3 is 11.6 Å². The maximum Gasteiger partial charge on any atom is 0.0920 e. The molecule has 82 valence electrons. The first-order chi connectivity index (χ1) is 7.11. The van der Waals surface area contributed by atoms with Gasteiger partial charge in [0.2, 0.25) is 0 Å². The molecule has 0 aliphatic heterocycles. The maximum atomic E-state index is 7.67. The number of nitrogens with one attached hydrogen (secondary N) is 1. The second-order valence-corrected chi connectivity index (χ2v) is 3.26. The van der Waals surface area contributed by atoms with Gasteiger partial charge in [-0.25, -0.2) is 0 Å². The molecule has 0 spiro atoms. The number of aromatic nitrogens is 1. The molecule has 2 rings (SSSR count). The van der Waals surface area contributed by atoms with Crippen molar-refractivity contribution in [2.24, 2.45) is 5.73 Å². The molecule has 0 radical (unpaired) electrons. The molecule has 1 heterocycles. The normalized spacial score (nSPS) is 18.1. The number of rotatable bonds is 0. The first-order valence-electron chi connectivity index (χ1n) is 4.56. The van der Waals surface area contributed by atoms with Crippen LogP contribution in [0.25, 0.3) is 0 Å². The predicted molar refractivity (Wildman–Crippen MR) is 67.1 cm³/mol. The van der Waals surface area contributed by atoms with E-state index < -0.39 is 0 Å². The number of allylic oxidation sites excluding steroid dienone is 1. The predicted octanol–water partition coefficient (Wildman–Crippen LogP) is 0.994. The highest BCUT2D eigenvalue weighted by atomic mass is 32.1. The van der Waals surface area contributed by atoms with Gasteiger partial charge in [0, 0.05) is 11.3 Å². The van der Waals surface area contributed by atoms with Crippen LogP contribution in [-0.4, -0.2) is 16.6 Å². The van der Waals surface area contributed by atoms with E-state index in [1.807, 2.05) is 19.1 Å². The minimum absolute atomic E-state index is 0.132. The van der Waals surface area contributed by atoms with Gasteiger partial charge >= 0.3 is 0 Å². The molecule has 0 fully saturated rings. The third-order valence-corrected chi connectivity index (χ3v) is 2.34. The monoisotopic (exact) mass is 224 g/mol. The lowest BCUT2D eigenvalue weighted by Gasteiger charge is -2.14. The van der Waals surface area contributed by atoms with Gasteiger partial charge in [-0.1, -0.05) is 6.08 Å². The summed E-state index contributed by atoms with van der Waals surface area (Å²) >= 11 is 3.53. The summed E-state index contributed by atoms with van der Waals surface area (Å²) < 4.78 is 1.51. The molecule has 1 aromatic rings. The van der Waals surface area contributed by atoms with Crippen LogP contribution in [0.15, 0.2) is 18.2 Å². The van der Waals surface area contributed by atoms with Crippen molar-refractivity contribution in [1.82, 2.24) is 4.68 Å². The second kappa shape index (κ2) is 4.55. The number of nitrogens with two attached hydrogens (primary N) is 2. The molecule has 0 saturated heterocycles. The standard InChI is InChI=1S/C9H12N4.CH4S/c1-5-4-6-7(10)2-3-8(11)9(6)13(5)12;1-2/h2-4,7,11H,10,12H2,1H3;2H,1H3. The van der Waals surface area contributed by atoms with Crippen LogP contribution in [0.1, 0.15) is 23.0 Å². The quantitative estimate of drug-likeness (QED) is 0.391. The second-order valence-electron chi connectivity index (χ2n) is 3.26. The molecule has 1 aromatic heterocycles. The summed E-state index contributed by atoms with van der Waals surface area (Å²) in [5, 5.41) is 7.67. The molecule has 0 saturated carbocycles. The third kappa shape index (κ3) is 1.93. The highest BCUT2D eigenvalue weighted by Crippen LogP contribution is 2.24. The van der Waals surface area contributed by atoms with Crippen LogP contribution in [0.2, 0.25) is 0 Å². The molecular formula is C10H16N4S. The van der Waals surface area contributed by atoms with E-state index in [4.69, 9.17) is 17.0 Å². The first kappa shape index (κ1) is 11.9. The Bertz CT molecular complexity index is 406. The lowest BCUT2D eigenvalue weighted by Crippen LogP contribution is -2.22.